The molecule has 1 heterocycles. The zero-order valence-corrected chi connectivity index (χ0v) is 5.83. The van der Waals surface area contributed by atoms with Gasteiger partial charge < -0.3 is 10.3 Å². The first-order valence-corrected chi connectivity index (χ1v) is 3.08. The number of hydrogen-bond acceptors (Lipinski definition) is 1. The molecule has 0 amide bonds. The number of aryl methyl sites for hydroxylation is 1. The van der Waals surface area contributed by atoms with Gasteiger partial charge in [-0.05, 0) is 19.1 Å². The third-order valence-corrected chi connectivity index (χ3v) is 1.45. The maximum Gasteiger partial charge on any atom is 0.0421 e. The van der Waals surface area contributed by atoms with Gasteiger partial charge in [0.1, 0.15) is 0 Å². The van der Waals surface area contributed by atoms with Crippen LogP contribution in [-0.2, 0) is 7.05 Å². The molecule has 50 valence electrons. The van der Waals surface area contributed by atoms with Gasteiger partial charge in [0.05, 0.1) is 0 Å². The number of rotatable bonds is 1. The minimum Gasteiger partial charge on any atom is -0.353 e. The van der Waals surface area contributed by atoms with E-state index in [4.69, 9.17) is 5.73 Å². The molecule has 0 saturated carbocycles. The predicted octanol–water partition coefficient (Wildman–Crippen LogP) is 1.04. The van der Waals surface area contributed by atoms with E-state index in [1.807, 2.05) is 36.9 Å². The van der Waals surface area contributed by atoms with E-state index < -0.39 is 0 Å². The molecular formula is C7H12N2. The average molecular weight is 124 g/mol. The summed E-state index contributed by atoms with van der Waals surface area (Å²) in [6.45, 7) is 1.98. The van der Waals surface area contributed by atoms with Gasteiger partial charge in [0, 0.05) is 25.0 Å². The summed E-state index contributed by atoms with van der Waals surface area (Å²) in [5.74, 6) is 0. The molecule has 1 aromatic rings. The Morgan fingerprint density at radius 2 is 2.33 bits per heavy atom. The molecule has 1 atom stereocenters. The highest BCUT2D eigenvalue weighted by atomic mass is 14.9. The molecule has 0 bridgehead atoms. The van der Waals surface area contributed by atoms with E-state index in [2.05, 4.69) is 0 Å². The zero-order chi connectivity index (χ0) is 6.85. The number of nitrogens with zero attached hydrogens (tertiary/aromatic N) is 1. The molecule has 0 unspecified atom stereocenters. The molecule has 0 radical (unpaired) electrons. The lowest BCUT2D eigenvalue weighted by Gasteiger charge is -2.05. The molecule has 9 heavy (non-hydrogen) atoms. The Kier molecular flexibility index (Phi) is 1.58. The van der Waals surface area contributed by atoms with E-state index in [-0.39, 0.29) is 6.04 Å². The van der Waals surface area contributed by atoms with Crippen molar-refractivity contribution < 1.29 is 0 Å². The van der Waals surface area contributed by atoms with Gasteiger partial charge in [-0.15, -0.1) is 0 Å². The SMILES string of the molecule is C[C@@H](N)c1cccn1C. The first-order valence-electron chi connectivity index (χ1n) is 3.08. The second kappa shape index (κ2) is 2.23. The van der Waals surface area contributed by atoms with Crippen molar-refractivity contribution in [2.45, 2.75) is 13.0 Å². The van der Waals surface area contributed by atoms with Crippen LogP contribution in [0, 0.1) is 0 Å². The first kappa shape index (κ1) is 6.36. The Balaban J connectivity index is 2.94. The monoisotopic (exact) mass is 124 g/mol. The van der Waals surface area contributed by atoms with Crippen LogP contribution in [-0.4, -0.2) is 4.57 Å². The van der Waals surface area contributed by atoms with E-state index >= 15 is 0 Å². The van der Waals surface area contributed by atoms with Crippen LogP contribution in [0.25, 0.3) is 0 Å². The summed E-state index contributed by atoms with van der Waals surface area (Å²) in [6.07, 6.45) is 2.00. The molecule has 0 aliphatic heterocycles. The second-order valence-corrected chi connectivity index (χ2v) is 2.33. The van der Waals surface area contributed by atoms with Gasteiger partial charge >= 0.3 is 0 Å². The van der Waals surface area contributed by atoms with Crippen molar-refractivity contribution in [3.8, 4) is 0 Å². The van der Waals surface area contributed by atoms with E-state index in [0.717, 1.165) is 0 Å². The lowest BCUT2D eigenvalue weighted by atomic mass is 10.2. The van der Waals surface area contributed by atoms with Crippen LogP contribution in [0.1, 0.15) is 18.7 Å². The Morgan fingerprint density at radius 3 is 2.56 bits per heavy atom. The largest absolute Gasteiger partial charge is 0.353 e. The molecule has 0 fully saturated rings. The highest BCUT2D eigenvalue weighted by Crippen LogP contribution is 2.07. The maximum atomic E-state index is 5.64. The smallest absolute Gasteiger partial charge is 0.0421 e. The van der Waals surface area contributed by atoms with Crippen LogP contribution < -0.4 is 5.73 Å². The molecule has 2 N–H and O–H groups in total. The summed E-state index contributed by atoms with van der Waals surface area (Å²) in [4.78, 5) is 0. The summed E-state index contributed by atoms with van der Waals surface area (Å²) in [6, 6.07) is 4.17. The average Bonchev–Trinajstić information content (AvgIpc) is 2.13. The molecular weight excluding hydrogens is 112 g/mol. The van der Waals surface area contributed by atoms with Crippen LogP contribution in [0.3, 0.4) is 0 Å². The molecule has 1 rings (SSSR count). The van der Waals surface area contributed by atoms with Gasteiger partial charge in [-0.1, -0.05) is 0 Å². The van der Waals surface area contributed by atoms with Gasteiger partial charge in [-0.2, -0.15) is 0 Å². The van der Waals surface area contributed by atoms with E-state index in [1.165, 1.54) is 5.69 Å². The summed E-state index contributed by atoms with van der Waals surface area (Å²) in [5, 5.41) is 0. The van der Waals surface area contributed by atoms with E-state index in [9.17, 15) is 0 Å². The van der Waals surface area contributed by atoms with Gasteiger partial charge in [0.15, 0.2) is 0 Å². The minimum absolute atomic E-state index is 0.144. The Hall–Kier alpha value is -0.760. The molecule has 0 aliphatic carbocycles. The molecule has 0 aliphatic rings. The lowest BCUT2D eigenvalue weighted by Crippen LogP contribution is -2.08. The number of nitrogens with two attached hydrogens (primary N) is 1. The zero-order valence-electron chi connectivity index (χ0n) is 5.83. The quantitative estimate of drug-likeness (QED) is 0.596. The third-order valence-electron chi connectivity index (χ3n) is 1.45. The van der Waals surface area contributed by atoms with Crippen LogP contribution in [0.2, 0.25) is 0 Å². The Bertz CT molecular complexity index is 189. The fraction of sp³-hybridized carbons (Fsp3) is 0.429. The normalized spacial score (nSPS) is 13.7. The third kappa shape index (κ3) is 1.13. The van der Waals surface area contributed by atoms with Crippen LogP contribution in [0.4, 0.5) is 0 Å². The van der Waals surface area contributed by atoms with Gasteiger partial charge in [0.25, 0.3) is 0 Å². The topological polar surface area (TPSA) is 30.9 Å². The van der Waals surface area contributed by atoms with Gasteiger partial charge in [0.2, 0.25) is 0 Å². The van der Waals surface area contributed by atoms with Crippen molar-refractivity contribution in [1.29, 1.82) is 0 Å². The molecule has 2 heteroatoms. The first-order chi connectivity index (χ1) is 4.22. The molecule has 0 aromatic carbocycles. The molecule has 0 spiro atoms. The molecule has 1 aromatic heterocycles. The fourth-order valence-corrected chi connectivity index (χ4v) is 0.947. The van der Waals surface area contributed by atoms with Gasteiger partial charge in [-0.3, -0.25) is 0 Å². The summed E-state index contributed by atoms with van der Waals surface area (Å²) >= 11 is 0. The summed E-state index contributed by atoms with van der Waals surface area (Å²) < 4.78 is 2.03. The van der Waals surface area contributed by atoms with Crippen molar-refractivity contribution in [2.24, 2.45) is 12.8 Å². The fourth-order valence-electron chi connectivity index (χ4n) is 0.947. The Morgan fingerprint density at radius 1 is 1.67 bits per heavy atom. The van der Waals surface area contributed by atoms with Crippen molar-refractivity contribution in [2.75, 3.05) is 0 Å². The maximum absolute atomic E-state index is 5.64. The standard InChI is InChI=1S/C7H12N2/c1-6(8)7-4-3-5-9(7)2/h3-6H,8H2,1-2H3/t6-/m1/s1. The highest BCUT2D eigenvalue weighted by molar-refractivity contribution is 5.09. The number of hydrogen-bond donors (Lipinski definition) is 1. The van der Waals surface area contributed by atoms with E-state index in [1.54, 1.807) is 0 Å². The van der Waals surface area contributed by atoms with Crippen LogP contribution >= 0.6 is 0 Å². The van der Waals surface area contributed by atoms with Crippen molar-refractivity contribution in [3.63, 3.8) is 0 Å². The summed E-state index contributed by atoms with van der Waals surface area (Å²) in [5.41, 5.74) is 6.81. The Labute approximate surface area is 55.3 Å². The highest BCUT2D eigenvalue weighted by Gasteiger charge is 1.99. The van der Waals surface area contributed by atoms with E-state index in [0.29, 0.717) is 0 Å². The lowest BCUT2D eigenvalue weighted by molar-refractivity contribution is 0.715. The molecule has 2 nitrogen and oxygen atoms in total. The van der Waals surface area contributed by atoms with Crippen molar-refractivity contribution >= 4 is 0 Å². The van der Waals surface area contributed by atoms with Crippen LogP contribution in [0.5, 0.6) is 0 Å². The van der Waals surface area contributed by atoms with Gasteiger partial charge in [-0.25, -0.2) is 0 Å². The molecule has 0 saturated heterocycles. The minimum atomic E-state index is 0.144. The second-order valence-electron chi connectivity index (χ2n) is 2.33. The van der Waals surface area contributed by atoms with Crippen molar-refractivity contribution in [3.05, 3.63) is 24.0 Å². The number of aromatic nitrogens is 1. The van der Waals surface area contributed by atoms with Crippen LogP contribution in [0.15, 0.2) is 18.3 Å². The van der Waals surface area contributed by atoms with Crippen molar-refractivity contribution in [1.82, 2.24) is 4.57 Å². The predicted molar refractivity (Wildman–Crippen MR) is 38.0 cm³/mol. The summed E-state index contributed by atoms with van der Waals surface area (Å²) in [7, 11) is 2.00.